The van der Waals surface area contributed by atoms with Crippen molar-refractivity contribution in [2.75, 3.05) is 11.6 Å². The number of aryl methyl sites for hydroxylation is 1. The minimum absolute atomic E-state index is 0.113. The number of nitrogens with one attached hydrogen (secondary N) is 1. The molecule has 0 saturated carbocycles. The predicted molar refractivity (Wildman–Crippen MR) is 120 cm³/mol. The van der Waals surface area contributed by atoms with Crippen molar-refractivity contribution in [1.29, 1.82) is 0 Å². The summed E-state index contributed by atoms with van der Waals surface area (Å²) in [6.45, 7) is 1.53. The van der Waals surface area contributed by atoms with Crippen LogP contribution in [0.25, 0.3) is 20.7 Å². The molecule has 0 aliphatic heterocycles. The summed E-state index contributed by atoms with van der Waals surface area (Å²) in [6.07, 6.45) is 2.47. The molecule has 3 aromatic heterocycles. The van der Waals surface area contributed by atoms with Gasteiger partial charge in [-0.25, -0.2) is 13.4 Å². The van der Waals surface area contributed by atoms with E-state index in [1.165, 1.54) is 45.7 Å². The van der Waals surface area contributed by atoms with Gasteiger partial charge < -0.3 is 5.32 Å². The standard InChI is InChI=1S/C20H17N3O4S3/c1-12-5-6-13(30(2,26)27)8-15(12)22-17(24)9-23-11-21-19-18(20(23)25)14(10-29-19)16-4-3-7-28-16/h3-8,10-11H,9H2,1-2H3,(H,22,24). The second-order valence-electron chi connectivity index (χ2n) is 6.78. The maximum absolute atomic E-state index is 13.0. The molecule has 7 nitrogen and oxygen atoms in total. The summed E-state index contributed by atoms with van der Waals surface area (Å²) in [7, 11) is -3.40. The number of hydrogen-bond donors (Lipinski definition) is 1. The Morgan fingerprint density at radius 1 is 1.23 bits per heavy atom. The largest absolute Gasteiger partial charge is 0.324 e. The van der Waals surface area contributed by atoms with E-state index in [1.54, 1.807) is 13.0 Å². The summed E-state index contributed by atoms with van der Waals surface area (Å²) in [6, 6.07) is 8.39. The van der Waals surface area contributed by atoms with Gasteiger partial charge >= 0.3 is 0 Å². The minimum Gasteiger partial charge on any atom is -0.324 e. The van der Waals surface area contributed by atoms with Gasteiger partial charge in [0, 0.05) is 27.8 Å². The van der Waals surface area contributed by atoms with Crippen molar-refractivity contribution in [2.45, 2.75) is 18.4 Å². The first-order valence-electron chi connectivity index (χ1n) is 8.85. The molecule has 0 saturated heterocycles. The Hall–Kier alpha value is -2.82. The number of carbonyl (C=O) groups excluding carboxylic acids is 1. The van der Waals surface area contributed by atoms with Crippen LogP contribution in [-0.4, -0.2) is 30.1 Å². The van der Waals surface area contributed by atoms with Crippen molar-refractivity contribution in [1.82, 2.24) is 9.55 Å². The van der Waals surface area contributed by atoms with Crippen LogP contribution < -0.4 is 10.9 Å². The molecule has 1 aromatic carbocycles. The third kappa shape index (κ3) is 3.93. The van der Waals surface area contributed by atoms with Crippen LogP contribution in [0.1, 0.15) is 5.56 Å². The topological polar surface area (TPSA) is 98.1 Å². The van der Waals surface area contributed by atoms with Gasteiger partial charge in [-0.3, -0.25) is 14.2 Å². The molecule has 0 fully saturated rings. The molecular weight excluding hydrogens is 442 g/mol. The number of sulfone groups is 1. The molecule has 0 bridgehead atoms. The summed E-state index contributed by atoms with van der Waals surface area (Å²) in [4.78, 5) is 31.6. The molecule has 4 rings (SSSR count). The van der Waals surface area contributed by atoms with Gasteiger partial charge in [-0.1, -0.05) is 12.1 Å². The number of rotatable bonds is 5. The van der Waals surface area contributed by atoms with Gasteiger partial charge in [0.05, 0.1) is 16.6 Å². The number of hydrogen-bond acceptors (Lipinski definition) is 7. The number of fused-ring (bicyclic) bond motifs is 1. The lowest BCUT2D eigenvalue weighted by Gasteiger charge is -2.11. The molecule has 0 radical (unpaired) electrons. The molecule has 0 aliphatic rings. The van der Waals surface area contributed by atoms with Gasteiger partial charge in [0.25, 0.3) is 5.56 Å². The Morgan fingerprint density at radius 3 is 2.73 bits per heavy atom. The molecule has 0 aliphatic carbocycles. The van der Waals surface area contributed by atoms with Crippen LogP contribution in [0.15, 0.2) is 57.1 Å². The number of amides is 1. The van der Waals surface area contributed by atoms with Crippen LogP contribution >= 0.6 is 22.7 Å². The molecular formula is C20H17N3O4S3. The van der Waals surface area contributed by atoms with Gasteiger partial charge in [0.1, 0.15) is 11.4 Å². The molecule has 0 atom stereocenters. The number of thiophene rings is 2. The quantitative estimate of drug-likeness (QED) is 0.492. The average Bonchev–Trinajstić information content (AvgIpc) is 3.34. The fraction of sp³-hybridized carbons (Fsp3) is 0.150. The van der Waals surface area contributed by atoms with Crippen molar-refractivity contribution in [3.63, 3.8) is 0 Å². The molecule has 154 valence electrons. The lowest BCUT2D eigenvalue weighted by Crippen LogP contribution is -2.28. The maximum atomic E-state index is 13.0. The molecule has 0 unspecified atom stereocenters. The van der Waals surface area contributed by atoms with E-state index in [4.69, 9.17) is 0 Å². The molecule has 0 spiro atoms. The summed E-state index contributed by atoms with van der Waals surface area (Å²) >= 11 is 2.92. The predicted octanol–water partition coefficient (Wildman–Crippen LogP) is 3.54. The lowest BCUT2D eigenvalue weighted by atomic mass is 10.2. The first-order chi connectivity index (χ1) is 14.2. The van der Waals surface area contributed by atoms with Crippen molar-refractivity contribution < 1.29 is 13.2 Å². The third-order valence-corrected chi connectivity index (χ3v) is 7.47. The zero-order valence-electron chi connectivity index (χ0n) is 16.1. The Bertz CT molecular complexity index is 1420. The van der Waals surface area contributed by atoms with Gasteiger partial charge in [-0.05, 0) is 36.1 Å². The fourth-order valence-electron chi connectivity index (χ4n) is 3.00. The number of nitrogens with zero attached hydrogens (tertiary/aromatic N) is 2. The highest BCUT2D eigenvalue weighted by Crippen LogP contribution is 2.33. The molecule has 4 aromatic rings. The summed E-state index contributed by atoms with van der Waals surface area (Å²) in [5, 5.41) is 7.03. The molecule has 1 amide bonds. The van der Waals surface area contributed by atoms with Crippen LogP contribution in [-0.2, 0) is 21.2 Å². The van der Waals surface area contributed by atoms with E-state index in [1.807, 2.05) is 22.9 Å². The number of aromatic nitrogens is 2. The van der Waals surface area contributed by atoms with Crippen LogP contribution in [0, 0.1) is 6.92 Å². The molecule has 1 N–H and O–H groups in total. The number of carbonyl (C=O) groups is 1. The highest BCUT2D eigenvalue weighted by atomic mass is 32.2. The zero-order valence-corrected chi connectivity index (χ0v) is 18.5. The van der Waals surface area contributed by atoms with E-state index in [0.29, 0.717) is 15.9 Å². The van der Waals surface area contributed by atoms with Gasteiger partial charge in [0.15, 0.2) is 9.84 Å². The van der Waals surface area contributed by atoms with E-state index in [0.717, 1.165) is 22.3 Å². The number of benzene rings is 1. The van der Waals surface area contributed by atoms with Gasteiger partial charge in [0.2, 0.25) is 5.91 Å². The van der Waals surface area contributed by atoms with Crippen molar-refractivity contribution in [3.8, 4) is 10.4 Å². The Morgan fingerprint density at radius 2 is 2.03 bits per heavy atom. The van der Waals surface area contributed by atoms with E-state index in [2.05, 4.69) is 10.3 Å². The molecule has 30 heavy (non-hydrogen) atoms. The average molecular weight is 460 g/mol. The summed E-state index contributed by atoms with van der Waals surface area (Å²) in [5.41, 5.74) is 1.63. The van der Waals surface area contributed by atoms with Gasteiger partial charge in [-0.2, -0.15) is 0 Å². The maximum Gasteiger partial charge on any atom is 0.263 e. The van der Waals surface area contributed by atoms with E-state index < -0.39 is 15.7 Å². The number of anilines is 1. The van der Waals surface area contributed by atoms with Gasteiger partial charge in [-0.15, -0.1) is 22.7 Å². The van der Waals surface area contributed by atoms with Crippen molar-refractivity contribution in [3.05, 3.63) is 63.3 Å². The monoisotopic (exact) mass is 459 g/mol. The Labute approximate surface area is 180 Å². The summed E-state index contributed by atoms with van der Waals surface area (Å²) in [5.74, 6) is -0.445. The Kier molecular flexibility index (Phi) is 5.31. The highest BCUT2D eigenvalue weighted by Gasteiger charge is 2.16. The summed E-state index contributed by atoms with van der Waals surface area (Å²) < 4.78 is 24.8. The van der Waals surface area contributed by atoms with E-state index in [-0.39, 0.29) is 17.0 Å². The minimum atomic E-state index is -3.40. The smallest absolute Gasteiger partial charge is 0.263 e. The van der Waals surface area contributed by atoms with Crippen LogP contribution in [0.5, 0.6) is 0 Å². The van der Waals surface area contributed by atoms with Crippen LogP contribution in [0.3, 0.4) is 0 Å². The first-order valence-corrected chi connectivity index (χ1v) is 12.5. The van der Waals surface area contributed by atoms with Crippen molar-refractivity contribution in [2.24, 2.45) is 0 Å². The Balaban J connectivity index is 1.64. The lowest BCUT2D eigenvalue weighted by molar-refractivity contribution is -0.116. The molecule has 10 heteroatoms. The first kappa shape index (κ1) is 20.5. The molecule has 3 heterocycles. The fourth-order valence-corrected chi connectivity index (χ4v) is 5.37. The second-order valence-corrected chi connectivity index (χ2v) is 10.6. The SMILES string of the molecule is Cc1ccc(S(C)(=O)=O)cc1NC(=O)Cn1cnc2scc(-c3cccs3)c2c1=O. The van der Waals surface area contributed by atoms with Crippen molar-refractivity contribution >= 4 is 54.3 Å². The van der Waals surface area contributed by atoms with Crippen LogP contribution in [0.4, 0.5) is 5.69 Å². The van der Waals surface area contributed by atoms with E-state index >= 15 is 0 Å². The normalized spacial score (nSPS) is 11.7. The third-order valence-electron chi connectivity index (χ3n) is 4.57. The second kappa shape index (κ2) is 7.78. The highest BCUT2D eigenvalue weighted by molar-refractivity contribution is 7.90. The van der Waals surface area contributed by atoms with E-state index in [9.17, 15) is 18.0 Å². The van der Waals surface area contributed by atoms with Crippen LogP contribution in [0.2, 0.25) is 0 Å². The zero-order chi connectivity index (χ0) is 21.5.